The number of thiophene rings is 1. The summed E-state index contributed by atoms with van der Waals surface area (Å²) in [5.41, 5.74) is 6.02. The van der Waals surface area contributed by atoms with Crippen LogP contribution in [0.1, 0.15) is 0 Å². The zero-order chi connectivity index (χ0) is 16.1. The van der Waals surface area contributed by atoms with Gasteiger partial charge in [0.1, 0.15) is 6.33 Å². The van der Waals surface area contributed by atoms with Gasteiger partial charge in [-0.25, -0.2) is 4.98 Å². The van der Waals surface area contributed by atoms with Crippen LogP contribution >= 0.6 is 11.3 Å². The molecule has 0 amide bonds. The van der Waals surface area contributed by atoms with Crippen LogP contribution < -0.4 is 0 Å². The van der Waals surface area contributed by atoms with Crippen molar-refractivity contribution in [3.05, 3.63) is 54.6 Å². The Morgan fingerprint density at radius 2 is 2.00 bits per heavy atom. The van der Waals surface area contributed by atoms with Crippen molar-refractivity contribution in [3.8, 4) is 22.4 Å². The molecular weight excluding hydrogens is 320 g/mol. The van der Waals surface area contributed by atoms with Crippen LogP contribution in [0.3, 0.4) is 0 Å². The molecule has 0 aliphatic carbocycles. The van der Waals surface area contributed by atoms with Gasteiger partial charge in [0.25, 0.3) is 0 Å². The zero-order valence-electron chi connectivity index (χ0n) is 12.8. The second-order valence-electron chi connectivity index (χ2n) is 5.61. The number of pyridine rings is 2. The molecule has 0 bridgehead atoms. The summed E-state index contributed by atoms with van der Waals surface area (Å²) >= 11 is 1.70. The van der Waals surface area contributed by atoms with Gasteiger partial charge in [0.2, 0.25) is 0 Å². The van der Waals surface area contributed by atoms with Gasteiger partial charge in [0, 0.05) is 41.5 Å². The fourth-order valence-corrected chi connectivity index (χ4v) is 3.72. The molecule has 0 spiro atoms. The summed E-state index contributed by atoms with van der Waals surface area (Å²) < 4.78 is 4.88. The van der Waals surface area contributed by atoms with Crippen molar-refractivity contribution in [2.45, 2.75) is 0 Å². The summed E-state index contributed by atoms with van der Waals surface area (Å²) in [5.74, 6) is 0. The number of nitrogens with zero attached hydrogens (tertiary/aromatic N) is 6. The first-order chi connectivity index (χ1) is 11.8. The first-order valence-corrected chi connectivity index (χ1v) is 8.33. The van der Waals surface area contributed by atoms with E-state index in [-0.39, 0.29) is 0 Å². The fraction of sp³-hybridized carbons (Fsp3) is 0.0588. The maximum Gasteiger partial charge on any atom is 0.160 e. The van der Waals surface area contributed by atoms with Gasteiger partial charge in [0.05, 0.1) is 22.1 Å². The minimum atomic E-state index is 0.835. The number of aromatic nitrogens is 6. The van der Waals surface area contributed by atoms with Gasteiger partial charge in [-0.2, -0.15) is 5.10 Å². The van der Waals surface area contributed by atoms with Crippen molar-refractivity contribution in [1.29, 1.82) is 0 Å². The molecule has 0 radical (unpaired) electrons. The van der Waals surface area contributed by atoms with E-state index < -0.39 is 0 Å². The van der Waals surface area contributed by atoms with Gasteiger partial charge in [-0.05, 0) is 24.3 Å². The van der Waals surface area contributed by atoms with Gasteiger partial charge in [-0.3, -0.25) is 9.08 Å². The quantitative estimate of drug-likeness (QED) is 0.497. The number of hydrogen-bond donors (Lipinski definition) is 0. The van der Waals surface area contributed by atoms with Gasteiger partial charge in [-0.15, -0.1) is 21.5 Å². The Kier molecular flexibility index (Phi) is 2.77. The van der Waals surface area contributed by atoms with E-state index in [1.807, 2.05) is 42.2 Å². The van der Waals surface area contributed by atoms with E-state index in [2.05, 4.69) is 32.8 Å². The van der Waals surface area contributed by atoms with Crippen molar-refractivity contribution in [1.82, 2.24) is 29.4 Å². The molecule has 0 saturated carbocycles. The molecule has 0 atom stereocenters. The van der Waals surface area contributed by atoms with Gasteiger partial charge in [-0.1, -0.05) is 0 Å². The third-order valence-electron chi connectivity index (χ3n) is 4.02. The van der Waals surface area contributed by atoms with E-state index in [0.717, 1.165) is 33.5 Å². The Morgan fingerprint density at radius 1 is 1.04 bits per heavy atom. The molecule has 0 aliphatic heterocycles. The molecular formula is C17H12N6S. The fourth-order valence-electron chi connectivity index (χ4n) is 2.82. The number of fused-ring (bicyclic) bond motifs is 2. The second kappa shape index (κ2) is 4.97. The normalized spacial score (nSPS) is 11.5. The Morgan fingerprint density at radius 3 is 2.88 bits per heavy atom. The number of hydrogen-bond acceptors (Lipinski definition) is 5. The van der Waals surface area contributed by atoms with Crippen LogP contribution in [0.2, 0.25) is 0 Å². The molecule has 7 heteroatoms. The predicted octanol–water partition coefficient (Wildman–Crippen LogP) is 3.41. The average molecular weight is 332 g/mol. The molecule has 0 aromatic carbocycles. The lowest BCUT2D eigenvalue weighted by Gasteiger charge is -2.02. The minimum Gasteiger partial charge on any atom is -0.288 e. The summed E-state index contributed by atoms with van der Waals surface area (Å²) in [5, 5.41) is 14.4. The van der Waals surface area contributed by atoms with Gasteiger partial charge in [0.15, 0.2) is 5.65 Å². The standard InChI is InChI=1S/C17H12N6S/c1-22-7-12(6-19-22)14-3-4-15-17(20-14)13(9-24-15)11-2-5-16-21-18-10-23(16)8-11/h2-10H,1H3. The third kappa shape index (κ3) is 2.02. The van der Waals surface area contributed by atoms with E-state index in [1.54, 1.807) is 22.3 Å². The molecule has 5 rings (SSSR count). The van der Waals surface area contributed by atoms with Crippen LogP contribution in [0.15, 0.2) is 54.6 Å². The molecule has 0 aliphatic rings. The molecule has 24 heavy (non-hydrogen) atoms. The summed E-state index contributed by atoms with van der Waals surface area (Å²) in [7, 11) is 1.91. The second-order valence-corrected chi connectivity index (χ2v) is 6.52. The lowest BCUT2D eigenvalue weighted by atomic mass is 10.1. The maximum absolute atomic E-state index is 4.88. The van der Waals surface area contributed by atoms with Crippen LogP contribution in [0, 0.1) is 0 Å². The average Bonchev–Trinajstić information content (AvgIpc) is 3.32. The van der Waals surface area contributed by atoms with Crippen LogP contribution in [0.25, 0.3) is 38.2 Å². The number of rotatable bonds is 2. The summed E-state index contributed by atoms with van der Waals surface area (Å²) in [6, 6.07) is 8.19. The van der Waals surface area contributed by atoms with Crippen molar-refractivity contribution in [2.24, 2.45) is 7.05 Å². The monoisotopic (exact) mass is 332 g/mol. The smallest absolute Gasteiger partial charge is 0.160 e. The molecule has 5 aromatic heterocycles. The lowest BCUT2D eigenvalue weighted by molar-refractivity contribution is 0.768. The van der Waals surface area contributed by atoms with Crippen molar-refractivity contribution in [2.75, 3.05) is 0 Å². The summed E-state index contributed by atoms with van der Waals surface area (Å²) in [6.07, 6.45) is 7.56. The van der Waals surface area contributed by atoms with E-state index in [0.29, 0.717) is 0 Å². The highest BCUT2D eigenvalue weighted by molar-refractivity contribution is 7.17. The number of aryl methyl sites for hydroxylation is 1. The largest absolute Gasteiger partial charge is 0.288 e. The highest BCUT2D eigenvalue weighted by Crippen LogP contribution is 2.34. The third-order valence-corrected chi connectivity index (χ3v) is 4.96. The Hall–Kier alpha value is -3.06. The Labute approximate surface area is 141 Å². The first kappa shape index (κ1) is 13.4. The Bertz CT molecular complexity index is 1180. The molecule has 0 saturated heterocycles. The first-order valence-electron chi connectivity index (χ1n) is 7.45. The topological polar surface area (TPSA) is 60.9 Å². The maximum atomic E-state index is 4.88. The lowest BCUT2D eigenvalue weighted by Crippen LogP contribution is -1.87. The highest BCUT2D eigenvalue weighted by atomic mass is 32.1. The molecule has 6 nitrogen and oxygen atoms in total. The molecule has 0 N–H and O–H groups in total. The van der Waals surface area contributed by atoms with Crippen molar-refractivity contribution >= 4 is 27.2 Å². The molecule has 5 aromatic rings. The predicted molar refractivity (Wildman–Crippen MR) is 93.8 cm³/mol. The van der Waals surface area contributed by atoms with Gasteiger partial charge < -0.3 is 0 Å². The molecule has 5 heterocycles. The van der Waals surface area contributed by atoms with Crippen molar-refractivity contribution < 1.29 is 0 Å². The van der Waals surface area contributed by atoms with E-state index >= 15 is 0 Å². The molecule has 0 fully saturated rings. The Balaban J connectivity index is 1.70. The SMILES string of the molecule is Cn1cc(-c2ccc3scc(-c4ccc5nncn5c4)c3n2)cn1. The van der Waals surface area contributed by atoms with Crippen LogP contribution in [0.4, 0.5) is 0 Å². The minimum absolute atomic E-state index is 0.835. The van der Waals surface area contributed by atoms with E-state index in [4.69, 9.17) is 4.98 Å². The van der Waals surface area contributed by atoms with Crippen LogP contribution in [-0.4, -0.2) is 29.4 Å². The van der Waals surface area contributed by atoms with Crippen LogP contribution in [0.5, 0.6) is 0 Å². The molecule has 0 unspecified atom stereocenters. The van der Waals surface area contributed by atoms with E-state index in [9.17, 15) is 0 Å². The van der Waals surface area contributed by atoms with Crippen molar-refractivity contribution in [3.63, 3.8) is 0 Å². The van der Waals surface area contributed by atoms with Crippen LogP contribution in [-0.2, 0) is 7.05 Å². The summed E-state index contributed by atoms with van der Waals surface area (Å²) in [6.45, 7) is 0. The highest BCUT2D eigenvalue weighted by Gasteiger charge is 2.11. The summed E-state index contributed by atoms with van der Waals surface area (Å²) in [4.78, 5) is 4.88. The van der Waals surface area contributed by atoms with E-state index in [1.165, 1.54) is 4.70 Å². The van der Waals surface area contributed by atoms with Gasteiger partial charge >= 0.3 is 0 Å². The zero-order valence-corrected chi connectivity index (χ0v) is 13.6. The molecule has 116 valence electrons.